The molecule has 80 valence electrons. The Balaban J connectivity index is 2.23. The molecule has 1 rings (SSSR count). The van der Waals surface area contributed by atoms with Crippen LogP contribution in [0.3, 0.4) is 0 Å². The van der Waals surface area contributed by atoms with Crippen LogP contribution in [0.2, 0.25) is 4.34 Å². The molecule has 0 saturated carbocycles. The highest BCUT2D eigenvalue weighted by Crippen LogP contribution is 2.22. The molecule has 0 radical (unpaired) electrons. The van der Waals surface area contributed by atoms with Crippen molar-refractivity contribution in [3.63, 3.8) is 0 Å². The third kappa shape index (κ3) is 4.42. The van der Waals surface area contributed by atoms with E-state index in [-0.39, 0.29) is 0 Å². The van der Waals surface area contributed by atoms with E-state index < -0.39 is 0 Å². The molecule has 0 fully saturated rings. The fourth-order valence-corrected chi connectivity index (χ4v) is 2.40. The average Bonchev–Trinajstić information content (AvgIpc) is 2.52. The van der Waals surface area contributed by atoms with Gasteiger partial charge in [-0.25, -0.2) is 0 Å². The summed E-state index contributed by atoms with van der Waals surface area (Å²) in [5.74, 6) is 0. The molecule has 0 atom stereocenters. The van der Waals surface area contributed by atoms with E-state index in [9.17, 15) is 0 Å². The van der Waals surface area contributed by atoms with Gasteiger partial charge in [0.2, 0.25) is 0 Å². The predicted octanol–water partition coefficient (Wildman–Crippen LogP) is 2.44. The zero-order valence-corrected chi connectivity index (χ0v) is 10.3. The van der Waals surface area contributed by atoms with Crippen LogP contribution in [0, 0.1) is 0 Å². The summed E-state index contributed by atoms with van der Waals surface area (Å²) in [6, 6.07) is 4.05. The van der Waals surface area contributed by atoms with E-state index in [1.165, 1.54) is 4.88 Å². The third-order valence-electron chi connectivity index (χ3n) is 1.97. The van der Waals surface area contributed by atoms with Gasteiger partial charge in [0.05, 0.1) is 4.34 Å². The van der Waals surface area contributed by atoms with E-state index >= 15 is 0 Å². The zero-order chi connectivity index (χ0) is 10.4. The molecule has 0 saturated heterocycles. The second kappa shape index (κ2) is 6.40. The van der Waals surface area contributed by atoms with Crippen LogP contribution in [0.4, 0.5) is 0 Å². The standard InChI is InChI=1S/C10H17ClN2S/c1-3-12-6-7-13(2)8-9-4-5-10(11)14-9/h4-5,12H,3,6-8H2,1-2H3. The van der Waals surface area contributed by atoms with Gasteiger partial charge in [-0.15, -0.1) is 11.3 Å². The SMILES string of the molecule is CCNCCN(C)Cc1ccc(Cl)s1. The van der Waals surface area contributed by atoms with Crippen molar-refractivity contribution in [2.24, 2.45) is 0 Å². The van der Waals surface area contributed by atoms with Gasteiger partial charge in [0.25, 0.3) is 0 Å². The number of thiophene rings is 1. The van der Waals surface area contributed by atoms with Crippen LogP contribution in [0.25, 0.3) is 0 Å². The lowest BCUT2D eigenvalue weighted by Gasteiger charge is -2.15. The molecule has 0 amide bonds. The first-order chi connectivity index (χ1) is 6.72. The summed E-state index contributed by atoms with van der Waals surface area (Å²) < 4.78 is 0.875. The molecule has 4 heteroatoms. The fraction of sp³-hybridized carbons (Fsp3) is 0.600. The van der Waals surface area contributed by atoms with E-state index in [0.29, 0.717) is 0 Å². The lowest BCUT2D eigenvalue weighted by Crippen LogP contribution is -2.28. The first-order valence-corrected chi connectivity index (χ1v) is 6.05. The van der Waals surface area contributed by atoms with Crippen molar-refractivity contribution in [1.29, 1.82) is 0 Å². The average molecular weight is 233 g/mol. The molecule has 0 unspecified atom stereocenters. The first kappa shape index (κ1) is 12.0. The molecule has 1 N–H and O–H groups in total. The number of nitrogens with zero attached hydrogens (tertiary/aromatic N) is 1. The van der Waals surface area contributed by atoms with Gasteiger partial charge in [-0.3, -0.25) is 0 Å². The highest BCUT2D eigenvalue weighted by molar-refractivity contribution is 7.16. The lowest BCUT2D eigenvalue weighted by atomic mass is 10.4. The van der Waals surface area contributed by atoms with Crippen molar-refractivity contribution < 1.29 is 0 Å². The molecular weight excluding hydrogens is 216 g/mol. The highest BCUT2D eigenvalue weighted by Gasteiger charge is 2.02. The molecule has 1 heterocycles. The summed E-state index contributed by atoms with van der Waals surface area (Å²) in [5.41, 5.74) is 0. The molecule has 0 aliphatic carbocycles. The Hall–Kier alpha value is -0.0900. The Kier molecular flexibility index (Phi) is 5.48. The second-order valence-electron chi connectivity index (χ2n) is 3.30. The van der Waals surface area contributed by atoms with Gasteiger partial charge in [0.15, 0.2) is 0 Å². The second-order valence-corrected chi connectivity index (χ2v) is 5.10. The largest absolute Gasteiger partial charge is 0.316 e. The van der Waals surface area contributed by atoms with Crippen LogP contribution in [0.15, 0.2) is 12.1 Å². The molecule has 0 spiro atoms. The van der Waals surface area contributed by atoms with Crippen molar-refractivity contribution in [3.05, 3.63) is 21.3 Å². The topological polar surface area (TPSA) is 15.3 Å². The number of hydrogen-bond donors (Lipinski definition) is 1. The quantitative estimate of drug-likeness (QED) is 0.758. The lowest BCUT2D eigenvalue weighted by molar-refractivity contribution is 0.328. The molecular formula is C10H17ClN2S. The minimum atomic E-state index is 0.875. The van der Waals surface area contributed by atoms with Crippen molar-refractivity contribution in [2.45, 2.75) is 13.5 Å². The predicted molar refractivity (Wildman–Crippen MR) is 64.2 cm³/mol. The van der Waals surface area contributed by atoms with E-state index in [2.05, 4.69) is 30.3 Å². The van der Waals surface area contributed by atoms with Gasteiger partial charge in [0.1, 0.15) is 0 Å². The maximum Gasteiger partial charge on any atom is 0.0931 e. The van der Waals surface area contributed by atoms with Crippen LogP contribution in [0.5, 0.6) is 0 Å². The normalized spacial score (nSPS) is 11.1. The first-order valence-electron chi connectivity index (χ1n) is 4.86. The Bertz CT molecular complexity index is 262. The smallest absolute Gasteiger partial charge is 0.0931 e. The monoisotopic (exact) mass is 232 g/mol. The van der Waals surface area contributed by atoms with Gasteiger partial charge >= 0.3 is 0 Å². The molecule has 0 aliphatic heterocycles. The molecule has 1 aromatic heterocycles. The van der Waals surface area contributed by atoms with E-state index in [1.807, 2.05) is 6.07 Å². The zero-order valence-electron chi connectivity index (χ0n) is 8.72. The van der Waals surface area contributed by atoms with E-state index in [1.54, 1.807) is 11.3 Å². The fourth-order valence-electron chi connectivity index (χ4n) is 1.23. The number of likely N-dealkylation sites (N-methyl/N-ethyl adjacent to an activating group) is 2. The summed E-state index contributed by atoms with van der Waals surface area (Å²) in [6.45, 7) is 6.27. The van der Waals surface area contributed by atoms with Crippen molar-refractivity contribution in [1.82, 2.24) is 10.2 Å². The summed E-state index contributed by atoms with van der Waals surface area (Å²) in [6.07, 6.45) is 0. The summed E-state index contributed by atoms with van der Waals surface area (Å²) in [7, 11) is 2.13. The molecule has 0 bridgehead atoms. The van der Waals surface area contributed by atoms with Crippen molar-refractivity contribution in [2.75, 3.05) is 26.7 Å². The maximum atomic E-state index is 5.86. The van der Waals surface area contributed by atoms with Crippen LogP contribution in [0.1, 0.15) is 11.8 Å². The van der Waals surface area contributed by atoms with Crippen LogP contribution < -0.4 is 5.32 Å². The third-order valence-corrected chi connectivity index (χ3v) is 3.19. The van der Waals surface area contributed by atoms with Crippen LogP contribution in [-0.4, -0.2) is 31.6 Å². The molecule has 14 heavy (non-hydrogen) atoms. The summed E-state index contributed by atoms with van der Waals surface area (Å²) in [5, 5.41) is 3.31. The number of rotatable bonds is 6. The molecule has 0 aromatic carbocycles. The van der Waals surface area contributed by atoms with Crippen molar-refractivity contribution in [3.8, 4) is 0 Å². The number of halogens is 1. The Morgan fingerprint density at radius 3 is 2.86 bits per heavy atom. The Labute approximate surface area is 94.9 Å². The van der Waals surface area contributed by atoms with Crippen molar-refractivity contribution >= 4 is 22.9 Å². The van der Waals surface area contributed by atoms with E-state index in [4.69, 9.17) is 11.6 Å². The van der Waals surface area contributed by atoms with Gasteiger partial charge in [-0.1, -0.05) is 18.5 Å². The van der Waals surface area contributed by atoms with Gasteiger partial charge in [-0.05, 0) is 25.7 Å². The number of nitrogens with one attached hydrogen (secondary N) is 1. The Morgan fingerprint density at radius 1 is 1.50 bits per heavy atom. The molecule has 2 nitrogen and oxygen atoms in total. The maximum absolute atomic E-state index is 5.86. The van der Waals surface area contributed by atoms with Gasteiger partial charge in [-0.2, -0.15) is 0 Å². The van der Waals surface area contributed by atoms with Gasteiger partial charge in [0, 0.05) is 24.5 Å². The molecule has 1 aromatic rings. The van der Waals surface area contributed by atoms with Crippen LogP contribution in [-0.2, 0) is 6.54 Å². The van der Waals surface area contributed by atoms with E-state index in [0.717, 1.165) is 30.5 Å². The minimum absolute atomic E-state index is 0.875. The van der Waals surface area contributed by atoms with Crippen LogP contribution >= 0.6 is 22.9 Å². The van der Waals surface area contributed by atoms with Gasteiger partial charge < -0.3 is 10.2 Å². The number of hydrogen-bond acceptors (Lipinski definition) is 3. The minimum Gasteiger partial charge on any atom is -0.316 e. The Morgan fingerprint density at radius 2 is 2.29 bits per heavy atom. The summed E-state index contributed by atoms with van der Waals surface area (Å²) >= 11 is 7.52. The molecule has 0 aliphatic rings. The highest BCUT2D eigenvalue weighted by atomic mass is 35.5. The summed E-state index contributed by atoms with van der Waals surface area (Å²) in [4.78, 5) is 3.62.